The number of hydrogen-bond donors (Lipinski definition) is 2. The Kier molecular flexibility index (Phi) is 8.82. The van der Waals surface area contributed by atoms with Gasteiger partial charge in [0, 0.05) is 59.6 Å². The van der Waals surface area contributed by atoms with Gasteiger partial charge in [-0.25, -0.2) is 0 Å². The molecule has 0 amide bonds. The van der Waals surface area contributed by atoms with Crippen molar-refractivity contribution in [2.75, 3.05) is 26.2 Å². The Hall–Kier alpha value is -2.18. The fourth-order valence-electron chi connectivity index (χ4n) is 5.28. The summed E-state index contributed by atoms with van der Waals surface area (Å²) in [5.74, 6) is 0.750. The molecule has 0 bridgehead atoms. The molecule has 6 heteroatoms. The zero-order valence-electron chi connectivity index (χ0n) is 26.7. The normalized spacial score (nSPS) is 15.4. The molecule has 0 aliphatic carbocycles. The number of phenols is 2. The van der Waals surface area contributed by atoms with Crippen molar-refractivity contribution in [3.05, 3.63) is 57.6 Å². The minimum Gasteiger partial charge on any atom is -0.507 e. The maximum Gasteiger partial charge on any atom is 0.123 e. The third-order valence-electron chi connectivity index (χ3n) is 7.80. The highest BCUT2D eigenvalue weighted by molar-refractivity contribution is 7.81. The summed E-state index contributed by atoms with van der Waals surface area (Å²) in [6, 6.07) is 8.29. The molecule has 2 N–H and O–H groups in total. The van der Waals surface area contributed by atoms with Crippen LogP contribution in [0.15, 0.2) is 24.3 Å². The van der Waals surface area contributed by atoms with Crippen molar-refractivity contribution < 1.29 is 10.2 Å². The van der Waals surface area contributed by atoms with E-state index in [1.54, 1.807) is 0 Å². The molecule has 0 atom stereocenters. The van der Waals surface area contributed by atoms with Gasteiger partial charge in [0.2, 0.25) is 0 Å². The van der Waals surface area contributed by atoms with Gasteiger partial charge in [0.15, 0.2) is 0 Å². The van der Waals surface area contributed by atoms with Crippen LogP contribution < -0.4 is 0 Å². The lowest BCUT2D eigenvalue weighted by Gasteiger charge is -2.38. The number of benzene rings is 2. The van der Waals surface area contributed by atoms with Crippen molar-refractivity contribution in [3.8, 4) is 11.5 Å². The summed E-state index contributed by atoms with van der Waals surface area (Å²) >= 11 is 12.1. The van der Waals surface area contributed by atoms with Gasteiger partial charge in [0.05, 0.1) is 0 Å². The molecule has 1 aliphatic heterocycles. The van der Waals surface area contributed by atoms with Crippen LogP contribution in [0.2, 0.25) is 0 Å². The van der Waals surface area contributed by atoms with E-state index in [1.807, 2.05) is 0 Å². The first kappa shape index (κ1) is 32.3. The van der Waals surface area contributed by atoms with Gasteiger partial charge >= 0.3 is 0 Å². The van der Waals surface area contributed by atoms with Crippen molar-refractivity contribution in [2.24, 2.45) is 0 Å². The molecule has 3 rings (SSSR count). The minimum atomic E-state index is -0.206. The zero-order valence-corrected chi connectivity index (χ0v) is 28.4. The van der Waals surface area contributed by atoms with Crippen molar-refractivity contribution in [1.82, 2.24) is 9.80 Å². The van der Waals surface area contributed by atoms with E-state index < -0.39 is 0 Å². The molecule has 220 valence electrons. The van der Waals surface area contributed by atoms with E-state index in [0.717, 1.165) is 69.5 Å². The Labute approximate surface area is 253 Å². The fraction of sp³-hybridized carbons (Fsp3) is 0.588. The first-order valence-electron chi connectivity index (χ1n) is 14.4. The molecule has 0 unspecified atom stereocenters. The maximum atomic E-state index is 11.1. The van der Waals surface area contributed by atoms with E-state index in [-0.39, 0.29) is 21.7 Å². The molecule has 0 spiro atoms. The van der Waals surface area contributed by atoms with E-state index in [2.05, 4.69) is 117 Å². The second-order valence-corrected chi connectivity index (χ2v) is 16.2. The highest BCUT2D eigenvalue weighted by Gasteiger charge is 2.31. The van der Waals surface area contributed by atoms with Gasteiger partial charge in [-0.15, -0.1) is 0 Å². The lowest BCUT2D eigenvalue weighted by Crippen LogP contribution is -2.50. The van der Waals surface area contributed by atoms with Gasteiger partial charge in [0.1, 0.15) is 21.5 Å². The zero-order chi connectivity index (χ0) is 30.6. The van der Waals surface area contributed by atoms with Gasteiger partial charge in [0.25, 0.3) is 0 Å². The van der Waals surface area contributed by atoms with E-state index in [9.17, 15) is 10.2 Å². The Morgan fingerprint density at radius 1 is 0.500 bits per heavy atom. The standard InChI is InChI=1S/C34H50N2O2S2/c1-31(2,3)23-17-21(18-24(27(23)37)32(4,5)6)29(39)35-13-15-36(16-14-35)30(40)22-19-25(33(7,8)9)28(38)26(20-22)34(10,11)12/h17-20,37-38H,13-16H2,1-12H3. The van der Waals surface area contributed by atoms with Gasteiger partial charge in [-0.05, 0) is 45.9 Å². The van der Waals surface area contributed by atoms with Crippen LogP contribution in [0, 0.1) is 0 Å². The summed E-state index contributed by atoms with van der Waals surface area (Å²) in [7, 11) is 0. The average Bonchev–Trinajstić information content (AvgIpc) is 2.80. The largest absolute Gasteiger partial charge is 0.507 e. The van der Waals surface area contributed by atoms with E-state index in [1.165, 1.54) is 0 Å². The van der Waals surface area contributed by atoms with Gasteiger partial charge in [-0.1, -0.05) is 108 Å². The molecule has 0 saturated carbocycles. The smallest absolute Gasteiger partial charge is 0.123 e. The van der Waals surface area contributed by atoms with Gasteiger partial charge in [-0.2, -0.15) is 0 Å². The molecule has 0 aromatic heterocycles. The molecular formula is C34H50N2O2S2. The topological polar surface area (TPSA) is 46.9 Å². The molecule has 1 heterocycles. The van der Waals surface area contributed by atoms with Gasteiger partial charge < -0.3 is 20.0 Å². The van der Waals surface area contributed by atoms with Crippen LogP contribution in [-0.4, -0.2) is 56.2 Å². The molecule has 4 nitrogen and oxygen atoms in total. The van der Waals surface area contributed by atoms with E-state index >= 15 is 0 Å². The number of nitrogens with zero attached hydrogens (tertiary/aromatic N) is 2. The third-order valence-corrected chi connectivity index (χ3v) is 8.79. The number of aromatic hydroxyl groups is 2. The van der Waals surface area contributed by atoms with Crippen LogP contribution >= 0.6 is 24.4 Å². The lowest BCUT2D eigenvalue weighted by molar-refractivity contribution is 0.265. The van der Waals surface area contributed by atoms with Crippen LogP contribution in [0.5, 0.6) is 11.5 Å². The maximum absolute atomic E-state index is 11.1. The summed E-state index contributed by atoms with van der Waals surface area (Å²) < 4.78 is 0. The number of piperazine rings is 1. The van der Waals surface area contributed by atoms with Crippen LogP contribution in [0.3, 0.4) is 0 Å². The van der Waals surface area contributed by atoms with Crippen LogP contribution in [-0.2, 0) is 21.7 Å². The average molecular weight is 583 g/mol. The first-order valence-corrected chi connectivity index (χ1v) is 15.2. The predicted molar refractivity (Wildman–Crippen MR) is 178 cm³/mol. The summed E-state index contributed by atoms with van der Waals surface area (Å²) in [5, 5.41) is 22.3. The van der Waals surface area contributed by atoms with E-state index in [0.29, 0.717) is 11.5 Å². The predicted octanol–water partition coefficient (Wildman–Crippen LogP) is 7.96. The van der Waals surface area contributed by atoms with Crippen molar-refractivity contribution in [2.45, 2.75) is 105 Å². The first-order chi connectivity index (χ1) is 18.0. The van der Waals surface area contributed by atoms with Crippen molar-refractivity contribution in [3.63, 3.8) is 0 Å². The Bertz CT molecular complexity index is 1120. The fourth-order valence-corrected chi connectivity index (χ4v) is 5.88. The lowest BCUT2D eigenvalue weighted by atomic mass is 9.78. The Balaban J connectivity index is 1.88. The molecule has 1 aliphatic rings. The van der Waals surface area contributed by atoms with Gasteiger partial charge in [-0.3, -0.25) is 0 Å². The summed E-state index contributed by atoms with van der Waals surface area (Å²) in [6.45, 7) is 28.6. The molecule has 1 saturated heterocycles. The summed E-state index contributed by atoms with van der Waals surface area (Å²) in [4.78, 5) is 6.16. The SMILES string of the molecule is CC(C)(C)c1cc(C(=S)N2CCN(C(=S)c3cc(C(C)(C)C)c(O)c(C(C)(C)C)c3)CC2)cc(C(C)(C)C)c1O. The van der Waals surface area contributed by atoms with Crippen molar-refractivity contribution in [1.29, 1.82) is 0 Å². The summed E-state index contributed by atoms with van der Waals surface area (Å²) in [6.07, 6.45) is 0. The number of rotatable bonds is 2. The molecule has 2 aromatic carbocycles. The number of hydrogen-bond acceptors (Lipinski definition) is 4. The molecule has 2 aromatic rings. The highest BCUT2D eigenvalue weighted by atomic mass is 32.1. The van der Waals surface area contributed by atoms with Crippen molar-refractivity contribution >= 4 is 34.4 Å². The third kappa shape index (κ3) is 6.82. The Morgan fingerprint density at radius 3 is 0.875 bits per heavy atom. The number of thiocarbonyl (C=S) groups is 2. The quantitative estimate of drug-likeness (QED) is 0.350. The monoisotopic (exact) mass is 582 g/mol. The molecule has 0 radical (unpaired) electrons. The highest BCUT2D eigenvalue weighted by Crippen LogP contribution is 2.41. The Morgan fingerprint density at radius 2 is 0.700 bits per heavy atom. The molecule has 40 heavy (non-hydrogen) atoms. The van der Waals surface area contributed by atoms with Crippen LogP contribution in [0.1, 0.15) is 116 Å². The summed E-state index contributed by atoms with van der Waals surface area (Å²) in [5.41, 5.74) is 4.85. The second-order valence-electron chi connectivity index (χ2n) is 15.4. The second kappa shape index (κ2) is 10.9. The molecule has 1 fully saturated rings. The van der Waals surface area contributed by atoms with E-state index in [4.69, 9.17) is 24.4 Å². The molecular weight excluding hydrogens is 533 g/mol. The minimum absolute atomic E-state index is 0.206. The number of phenolic OH excluding ortho intramolecular Hbond substituents is 2. The van der Waals surface area contributed by atoms with Crippen LogP contribution in [0.4, 0.5) is 0 Å². The van der Waals surface area contributed by atoms with Crippen LogP contribution in [0.25, 0.3) is 0 Å².